The molecule has 0 atom stereocenters. The van der Waals surface area contributed by atoms with Crippen LogP contribution in [0.1, 0.15) is 55.6 Å². The van der Waals surface area contributed by atoms with Gasteiger partial charge in [-0.1, -0.05) is 27.7 Å². The standard InChI is InChI=1S/C22H31N3O3/c1-6-15-12-18(28-19-9-8-16(13-25-19)22(23)26)21(27-5)17(7-2)20(15)24-11-10-14(3)4/h8-9,12-14,24H,6-7,10-11H2,1-5H3,(H2,23,26). The summed E-state index contributed by atoms with van der Waals surface area (Å²) in [6, 6.07) is 5.23. The summed E-state index contributed by atoms with van der Waals surface area (Å²) in [7, 11) is 1.65. The number of ether oxygens (including phenoxy) is 2. The number of nitrogens with one attached hydrogen (secondary N) is 1. The molecule has 0 bridgehead atoms. The molecule has 28 heavy (non-hydrogen) atoms. The first-order valence-electron chi connectivity index (χ1n) is 9.81. The maximum atomic E-state index is 11.2. The molecule has 0 spiro atoms. The van der Waals surface area contributed by atoms with Gasteiger partial charge in [0.1, 0.15) is 0 Å². The predicted octanol–water partition coefficient (Wildman–Crippen LogP) is 4.56. The second kappa shape index (κ2) is 9.97. The van der Waals surface area contributed by atoms with E-state index in [-0.39, 0.29) is 0 Å². The van der Waals surface area contributed by atoms with Crippen LogP contribution in [0.4, 0.5) is 5.69 Å². The van der Waals surface area contributed by atoms with Gasteiger partial charge in [-0.25, -0.2) is 4.98 Å². The Kier molecular flexibility index (Phi) is 7.67. The highest BCUT2D eigenvalue weighted by Gasteiger charge is 2.19. The molecule has 0 aliphatic carbocycles. The molecule has 1 aromatic heterocycles. The second-order valence-corrected chi connectivity index (χ2v) is 7.09. The summed E-state index contributed by atoms with van der Waals surface area (Å²) in [5, 5.41) is 3.60. The van der Waals surface area contributed by atoms with Crippen LogP contribution >= 0.6 is 0 Å². The molecular formula is C22H31N3O3. The first kappa shape index (κ1) is 21.5. The number of aryl methyl sites for hydroxylation is 1. The third kappa shape index (κ3) is 5.15. The lowest BCUT2D eigenvalue weighted by Gasteiger charge is -2.21. The zero-order chi connectivity index (χ0) is 20.7. The molecule has 2 rings (SSSR count). The quantitative estimate of drug-likeness (QED) is 0.626. The predicted molar refractivity (Wildman–Crippen MR) is 113 cm³/mol. The molecule has 0 aliphatic rings. The van der Waals surface area contributed by atoms with E-state index < -0.39 is 5.91 Å². The van der Waals surface area contributed by atoms with Crippen molar-refractivity contribution >= 4 is 11.6 Å². The minimum atomic E-state index is -0.519. The number of amides is 1. The Bertz CT molecular complexity index is 802. The molecule has 3 N–H and O–H groups in total. The summed E-state index contributed by atoms with van der Waals surface area (Å²) < 4.78 is 11.7. The highest BCUT2D eigenvalue weighted by Crippen LogP contribution is 2.41. The van der Waals surface area contributed by atoms with Crippen LogP contribution in [0.3, 0.4) is 0 Å². The number of rotatable bonds is 10. The van der Waals surface area contributed by atoms with Crippen molar-refractivity contribution < 1.29 is 14.3 Å². The molecule has 1 heterocycles. The van der Waals surface area contributed by atoms with Crippen molar-refractivity contribution in [3.63, 3.8) is 0 Å². The molecule has 152 valence electrons. The molecule has 1 aromatic carbocycles. The van der Waals surface area contributed by atoms with Crippen LogP contribution in [0.15, 0.2) is 24.4 Å². The van der Waals surface area contributed by atoms with E-state index in [1.54, 1.807) is 19.2 Å². The van der Waals surface area contributed by atoms with Gasteiger partial charge in [0.15, 0.2) is 11.5 Å². The number of hydrogen-bond acceptors (Lipinski definition) is 5. The van der Waals surface area contributed by atoms with Crippen molar-refractivity contribution in [3.05, 3.63) is 41.1 Å². The first-order chi connectivity index (χ1) is 13.4. The van der Waals surface area contributed by atoms with E-state index in [1.807, 2.05) is 6.07 Å². The van der Waals surface area contributed by atoms with Crippen molar-refractivity contribution in [1.29, 1.82) is 0 Å². The zero-order valence-electron chi connectivity index (χ0n) is 17.5. The molecule has 0 aliphatic heterocycles. The van der Waals surface area contributed by atoms with E-state index >= 15 is 0 Å². The van der Waals surface area contributed by atoms with Gasteiger partial charge >= 0.3 is 0 Å². The van der Waals surface area contributed by atoms with Gasteiger partial charge in [-0.05, 0) is 42.9 Å². The number of nitrogens with two attached hydrogens (primary N) is 1. The molecule has 1 amide bonds. The number of aromatic nitrogens is 1. The molecule has 0 saturated heterocycles. The summed E-state index contributed by atoms with van der Waals surface area (Å²) in [6.45, 7) is 9.58. The van der Waals surface area contributed by atoms with Crippen LogP contribution in [0.25, 0.3) is 0 Å². The summed E-state index contributed by atoms with van der Waals surface area (Å²) in [4.78, 5) is 15.4. The van der Waals surface area contributed by atoms with Gasteiger partial charge in [0.05, 0.1) is 12.7 Å². The average Bonchev–Trinajstić information content (AvgIpc) is 2.68. The summed E-state index contributed by atoms with van der Waals surface area (Å²) in [5.74, 6) is 1.82. The third-order valence-corrected chi connectivity index (χ3v) is 4.62. The molecule has 0 fully saturated rings. The van der Waals surface area contributed by atoms with E-state index in [0.29, 0.717) is 28.9 Å². The van der Waals surface area contributed by atoms with Crippen LogP contribution in [0.2, 0.25) is 0 Å². The minimum absolute atomic E-state index is 0.340. The highest BCUT2D eigenvalue weighted by atomic mass is 16.5. The van der Waals surface area contributed by atoms with E-state index in [9.17, 15) is 4.79 Å². The average molecular weight is 386 g/mol. The van der Waals surface area contributed by atoms with Gasteiger partial charge in [-0.2, -0.15) is 0 Å². The van der Waals surface area contributed by atoms with Crippen molar-refractivity contribution in [2.75, 3.05) is 19.0 Å². The Hall–Kier alpha value is -2.76. The maximum absolute atomic E-state index is 11.2. The van der Waals surface area contributed by atoms with Crippen molar-refractivity contribution in [3.8, 4) is 17.4 Å². The monoisotopic (exact) mass is 385 g/mol. The maximum Gasteiger partial charge on any atom is 0.250 e. The minimum Gasteiger partial charge on any atom is -0.492 e. The third-order valence-electron chi connectivity index (χ3n) is 4.62. The Balaban J connectivity index is 2.39. The van der Waals surface area contributed by atoms with E-state index in [1.165, 1.54) is 11.8 Å². The summed E-state index contributed by atoms with van der Waals surface area (Å²) >= 11 is 0. The number of hydrogen-bond donors (Lipinski definition) is 2. The molecule has 6 heteroatoms. The van der Waals surface area contributed by atoms with Crippen LogP contribution in [-0.4, -0.2) is 24.5 Å². The number of benzene rings is 1. The van der Waals surface area contributed by atoms with Gasteiger partial charge in [0, 0.05) is 30.1 Å². The molecule has 0 radical (unpaired) electrons. The van der Waals surface area contributed by atoms with Gasteiger partial charge in [0.25, 0.3) is 0 Å². The number of carbonyl (C=O) groups is 1. The number of primary amides is 1. The Morgan fingerprint density at radius 1 is 1.25 bits per heavy atom. The molecule has 6 nitrogen and oxygen atoms in total. The molecule has 2 aromatic rings. The zero-order valence-corrected chi connectivity index (χ0v) is 17.5. The number of pyridine rings is 1. The smallest absolute Gasteiger partial charge is 0.250 e. The van der Waals surface area contributed by atoms with Crippen LogP contribution in [0.5, 0.6) is 17.4 Å². The number of carbonyl (C=O) groups excluding carboxylic acids is 1. The fraction of sp³-hybridized carbons (Fsp3) is 0.455. The van der Waals surface area contributed by atoms with Gasteiger partial charge < -0.3 is 20.5 Å². The van der Waals surface area contributed by atoms with Crippen LogP contribution in [-0.2, 0) is 12.8 Å². The second-order valence-electron chi connectivity index (χ2n) is 7.09. The van der Waals surface area contributed by atoms with Gasteiger partial charge in [-0.3, -0.25) is 4.79 Å². The van der Waals surface area contributed by atoms with E-state index in [0.717, 1.165) is 37.1 Å². The Morgan fingerprint density at radius 3 is 2.50 bits per heavy atom. The van der Waals surface area contributed by atoms with Crippen LogP contribution < -0.4 is 20.5 Å². The van der Waals surface area contributed by atoms with E-state index in [4.69, 9.17) is 15.2 Å². The normalized spacial score (nSPS) is 10.8. The van der Waals surface area contributed by atoms with E-state index in [2.05, 4.69) is 38.0 Å². The lowest BCUT2D eigenvalue weighted by atomic mass is 10.00. The van der Waals surface area contributed by atoms with Gasteiger partial charge in [0.2, 0.25) is 11.8 Å². The fourth-order valence-electron chi connectivity index (χ4n) is 3.07. The largest absolute Gasteiger partial charge is 0.492 e. The topological polar surface area (TPSA) is 86.5 Å². The molecule has 0 unspecified atom stereocenters. The fourth-order valence-corrected chi connectivity index (χ4v) is 3.07. The van der Waals surface area contributed by atoms with Crippen LogP contribution in [0, 0.1) is 5.92 Å². The highest BCUT2D eigenvalue weighted by molar-refractivity contribution is 5.92. The number of nitrogens with zero attached hydrogens (tertiary/aromatic N) is 1. The Labute approximate surface area is 167 Å². The SMILES string of the molecule is CCc1cc(Oc2ccc(C(N)=O)cn2)c(OC)c(CC)c1NCCC(C)C. The lowest BCUT2D eigenvalue weighted by Crippen LogP contribution is -2.11. The molecular weight excluding hydrogens is 354 g/mol. The van der Waals surface area contributed by atoms with Crippen molar-refractivity contribution in [2.45, 2.75) is 47.0 Å². The summed E-state index contributed by atoms with van der Waals surface area (Å²) in [5.41, 5.74) is 9.00. The summed E-state index contributed by atoms with van der Waals surface area (Å²) in [6.07, 6.45) is 4.19. The number of methoxy groups -OCH3 is 1. The van der Waals surface area contributed by atoms with Crippen molar-refractivity contribution in [1.82, 2.24) is 4.98 Å². The van der Waals surface area contributed by atoms with Gasteiger partial charge in [-0.15, -0.1) is 0 Å². The first-order valence-corrected chi connectivity index (χ1v) is 9.81. The molecule has 0 saturated carbocycles. The van der Waals surface area contributed by atoms with Crippen molar-refractivity contribution in [2.24, 2.45) is 11.7 Å². The number of anilines is 1. The lowest BCUT2D eigenvalue weighted by molar-refractivity contribution is 0.1000. The Morgan fingerprint density at radius 2 is 2.00 bits per heavy atom.